The SMILES string of the molecule is CCOC(=O)C=Cc1ccc(F)c(NC(=O)c2cc(Br)cc3ccccc23)c1. The number of esters is 1. The minimum absolute atomic E-state index is 0.0278. The zero-order chi connectivity index (χ0) is 20.1. The first-order valence-electron chi connectivity index (χ1n) is 8.62. The van der Waals surface area contributed by atoms with Gasteiger partial charge >= 0.3 is 5.97 Å². The van der Waals surface area contributed by atoms with Gasteiger partial charge in [0.2, 0.25) is 0 Å². The summed E-state index contributed by atoms with van der Waals surface area (Å²) in [6.07, 6.45) is 2.76. The van der Waals surface area contributed by atoms with Gasteiger partial charge < -0.3 is 10.1 Å². The van der Waals surface area contributed by atoms with E-state index in [-0.39, 0.29) is 12.3 Å². The van der Waals surface area contributed by atoms with E-state index in [1.807, 2.05) is 30.3 Å². The molecule has 0 aromatic heterocycles. The van der Waals surface area contributed by atoms with Crippen LogP contribution in [0.4, 0.5) is 10.1 Å². The highest BCUT2D eigenvalue weighted by Gasteiger charge is 2.14. The minimum atomic E-state index is -0.569. The van der Waals surface area contributed by atoms with Crippen molar-refractivity contribution in [1.82, 2.24) is 0 Å². The summed E-state index contributed by atoms with van der Waals surface area (Å²) in [5.74, 6) is -1.48. The molecule has 4 nitrogen and oxygen atoms in total. The third kappa shape index (κ3) is 4.64. The first-order chi connectivity index (χ1) is 13.5. The molecule has 1 amide bonds. The third-order valence-corrected chi connectivity index (χ3v) is 4.47. The summed E-state index contributed by atoms with van der Waals surface area (Å²) in [4.78, 5) is 24.2. The molecule has 28 heavy (non-hydrogen) atoms. The second-order valence-electron chi connectivity index (χ2n) is 5.95. The van der Waals surface area contributed by atoms with E-state index in [2.05, 4.69) is 21.2 Å². The smallest absolute Gasteiger partial charge is 0.330 e. The molecule has 3 aromatic carbocycles. The van der Waals surface area contributed by atoms with Crippen LogP contribution < -0.4 is 5.32 Å². The largest absolute Gasteiger partial charge is 0.463 e. The van der Waals surface area contributed by atoms with Gasteiger partial charge in [0.25, 0.3) is 5.91 Å². The number of ether oxygens (including phenoxy) is 1. The summed E-state index contributed by atoms with van der Waals surface area (Å²) >= 11 is 3.40. The number of amides is 1. The number of halogens is 2. The maximum Gasteiger partial charge on any atom is 0.330 e. The fraction of sp³-hybridized carbons (Fsp3) is 0.0909. The van der Waals surface area contributed by atoms with Gasteiger partial charge in [-0.3, -0.25) is 4.79 Å². The first-order valence-corrected chi connectivity index (χ1v) is 9.41. The van der Waals surface area contributed by atoms with Crippen molar-refractivity contribution >= 4 is 50.3 Å². The molecule has 3 rings (SSSR count). The lowest BCUT2D eigenvalue weighted by Gasteiger charge is -2.10. The van der Waals surface area contributed by atoms with Gasteiger partial charge in [-0.25, -0.2) is 9.18 Å². The molecule has 0 saturated heterocycles. The molecule has 0 aliphatic rings. The van der Waals surface area contributed by atoms with E-state index >= 15 is 0 Å². The summed E-state index contributed by atoms with van der Waals surface area (Å²) < 4.78 is 19.8. The highest BCUT2D eigenvalue weighted by Crippen LogP contribution is 2.26. The van der Waals surface area contributed by atoms with Crippen molar-refractivity contribution in [2.75, 3.05) is 11.9 Å². The Morgan fingerprint density at radius 3 is 2.71 bits per heavy atom. The molecule has 0 radical (unpaired) electrons. The fourth-order valence-electron chi connectivity index (χ4n) is 2.75. The van der Waals surface area contributed by atoms with Crippen molar-refractivity contribution in [2.45, 2.75) is 6.92 Å². The van der Waals surface area contributed by atoms with Crippen LogP contribution in [0.1, 0.15) is 22.8 Å². The summed E-state index contributed by atoms with van der Waals surface area (Å²) in [5, 5.41) is 4.28. The highest BCUT2D eigenvalue weighted by molar-refractivity contribution is 9.10. The van der Waals surface area contributed by atoms with E-state index in [0.717, 1.165) is 15.2 Å². The van der Waals surface area contributed by atoms with E-state index in [9.17, 15) is 14.0 Å². The second-order valence-corrected chi connectivity index (χ2v) is 6.87. The minimum Gasteiger partial charge on any atom is -0.463 e. The van der Waals surface area contributed by atoms with Gasteiger partial charge in [0, 0.05) is 16.1 Å². The van der Waals surface area contributed by atoms with Crippen LogP contribution in [-0.4, -0.2) is 18.5 Å². The van der Waals surface area contributed by atoms with E-state index in [1.54, 1.807) is 13.0 Å². The molecule has 3 aromatic rings. The number of rotatable bonds is 5. The van der Waals surface area contributed by atoms with Crippen LogP contribution in [0, 0.1) is 5.82 Å². The van der Waals surface area contributed by atoms with E-state index in [1.165, 1.54) is 30.4 Å². The molecule has 0 saturated carbocycles. The number of carbonyl (C=O) groups is 2. The molecule has 0 heterocycles. The van der Waals surface area contributed by atoms with E-state index < -0.39 is 17.7 Å². The maximum absolute atomic E-state index is 14.2. The van der Waals surface area contributed by atoms with Crippen LogP contribution in [0.2, 0.25) is 0 Å². The lowest BCUT2D eigenvalue weighted by Crippen LogP contribution is -2.13. The van der Waals surface area contributed by atoms with Gasteiger partial charge in [0.15, 0.2) is 0 Å². The van der Waals surface area contributed by atoms with Gasteiger partial charge in [-0.1, -0.05) is 46.3 Å². The van der Waals surface area contributed by atoms with E-state index in [0.29, 0.717) is 11.1 Å². The van der Waals surface area contributed by atoms with Crippen molar-refractivity contribution in [1.29, 1.82) is 0 Å². The van der Waals surface area contributed by atoms with Crippen LogP contribution in [0.25, 0.3) is 16.8 Å². The van der Waals surface area contributed by atoms with Crippen molar-refractivity contribution in [3.8, 4) is 0 Å². The molecule has 0 aliphatic carbocycles. The molecule has 0 fully saturated rings. The quantitative estimate of drug-likeness (QED) is 0.415. The Kier molecular flexibility index (Phi) is 6.21. The number of anilines is 1. The summed E-state index contributed by atoms with van der Waals surface area (Å²) in [6, 6.07) is 15.3. The maximum atomic E-state index is 14.2. The lowest BCUT2D eigenvalue weighted by molar-refractivity contribution is -0.137. The summed E-state index contributed by atoms with van der Waals surface area (Å²) in [7, 11) is 0. The fourth-order valence-corrected chi connectivity index (χ4v) is 3.22. The number of carbonyl (C=O) groups excluding carboxylic acids is 2. The van der Waals surface area contributed by atoms with Crippen LogP contribution in [0.3, 0.4) is 0 Å². The molecule has 0 unspecified atom stereocenters. The predicted octanol–water partition coefficient (Wildman–Crippen LogP) is 5.57. The molecule has 6 heteroatoms. The van der Waals surface area contributed by atoms with Gasteiger partial charge in [-0.15, -0.1) is 0 Å². The zero-order valence-electron chi connectivity index (χ0n) is 15.0. The van der Waals surface area contributed by atoms with Gasteiger partial charge in [-0.2, -0.15) is 0 Å². The molecule has 0 spiro atoms. The van der Waals surface area contributed by atoms with Gasteiger partial charge in [0.1, 0.15) is 5.82 Å². The monoisotopic (exact) mass is 441 g/mol. The molecular weight excluding hydrogens is 425 g/mol. The van der Waals surface area contributed by atoms with Crippen LogP contribution >= 0.6 is 15.9 Å². The van der Waals surface area contributed by atoms with Crippen molar-refractivity contribution < 1.29 is 18.7 Å². The van der Waals surface area contributed by atoms with Gasteiger partial charge in [0.05, 0.1) is 12.3 Å². The number of nitrogens with one attached hydrogen (secondary N) is 1. The Bertz CT molecular complexity index is 1080. The number of fused-ring (bicyclic) bond motifs is 1. The normalized spacial score (nSPS) is 11.0. The lowest BCUT2D eigenvalue weighted by atomic mass is 10.0. The highest BCUT2D eigenvalue weighted by atomic mass is 79.9. The number of benzene rings is 3. The molecule has 1 N–H and O–H groups in total. The number of hydrogen-bond donors (Lipinski definition) is 1. The Hall–Kier alpha value is -2.99. The topological polar surface area (TPSA) is 55.4 Å². The van der Waals surface area contributed by atoms with Crippen molar-refractivity contribution in [2.24, 2.45) is 0 Å². The van der Waals surface area contributed by atoms with Crippen LogP contribution in [0.5, 0.6) is 0 Å². The zero-order valence-corrected chi connectivity index (χ0v) is 16.6. The Morgan fingerprint density at radius 1 is 1.14 bits per heavy atom. The van der Waals surface area contributed by atoms with E-state index in [4.69, 9.17) is 4.74 Å². The molecule has 0 bridgehead atoms. The molecule has 142 valence electrons. The average Bonchev–Trinajstić information content (AvgIpc) is 2.68. The first kappa shape index (κ1) is 19.8. The number of hydrogen-bond acceptors (Lipinski definition) is 3. The van der Waals surface area contributed by atoms with Crippen LogP contribution in [0.15, 0.2) is 65.1 Å². The third-order valence-electron chi connectivity index (χ3n) is 4.01. The molecular formula is C22H17BrFNO3. The standard InChI is InChI=1S/C22H17BrFNO3/c1-2-28-21(26)10-8-14-7-9-19(24)20(11-14)25-22(27)18-13-16(23)12-15-5-3-4-6-17(15)18/h3-13H,2H2,1H3,(H,25,27). The van der Waals surface area contributed by atoms with Gasteiger partial charge in [-0.05, 0) is 53.6 Å². The summed E-state index contributed by atoms with van der Waals surface area (Å²) in [5.41, 5.74) is 1.01. The Morgan fingerprint density at radius 2 is 1.93 bits per heavy atom. The van der Waals surface area contributed by atoms with Crippen molar-refractivity contribution in [3.63, 3.8) is 0 Å². The van der Waals surface area contributed by atoms with Crippen LogP contribution in [-0.2, 0) is 9.53 Å². The summed E-state index contributed by atoms with van der Waals surface area (Å²) in [6.45, 7) is 1.98. The molecule has 0 atom stereocenters. The average molecular weight is 442 g/mol. The van der Waals surface area contributed by atoms with Crippen molar-refractivity contribution in [3.05, 3.63) is 82.1 Å². The Balaban J connectivity index is 1.89. The second kappa shape index (κ2) is 8.80. The Labute approximate surface area is 170 Å². The molecule has 0 aliphatic heterocycles. The predicted molar refractivity (Wildman–Crippen MR) is 112 cm³/mol.